The molecule has 1 aromatic rings. The molecule has 0 radical (unpaired) electrons. The number of nitrogens with one attached hydrogen (secondary N) is 1. The zero-order valence-electron chi connectivity index (χ0n) is 11.1. The molecule has 1 aromatic carbocycles. The number of methoxy groups -OCH3 is 2. The highest BCUT2D eigenvalue weighted by Crippen LogP contribution is 2.33. The lowest BCUT2D eigenvalue weighted by Gasteiger charge is -2.29. The van der Waals surface area contributed by atoms with Gasteiger partial charge < -0.3 is 20.5 Å². The summed E-state index contributed by atoms with van der Waals surface area (Å²) in [5, 5.41) is 3.40. The Bertz CT molecular complexity index is 389. The van der Waals surface area contributed by atoms with E-state index in [0.29, 0.717) is 5.92 Å². The molecule has 100 valence electrons. The van der Waals surface area contributed by atoms with Gasteiger partial charge in [-0.25, -0.2) is 0 Å². The van der Waals surface area contributed by atoms with Crippen molar-refractivity contribution in [3.63, 3.8) is 0 Å². The third-order valence-electron chi connectivity index (χ3n) is 3.64. The predicted octanol–water partition coefficient (Wildman–Crippen LogP) is 1.70. The highest BCUT2D eigenvalue weighted by atomic mass is 16.5. The van der Waals surface area contributed by atoms with Gasteiger partial charge in [0.25, 0.3) is 0 Å². The van der Waals surface area contributed by atoms with Crippen molar-refractivity contribution < 1.29 is 9.47 Å². The monoisotopic (exact) mass is 250 g/mol. The van der Waals surface area contributed by atoms with Crippen LogP contribution < -0.4 is 20.5 Å². The van der Waals surface area contributed by atoms with Gasteiger partial charge in [0.05, 0.1) is 14.2 Å². The fraction of sp³-hybridized carbons (Fsp3) is 0.571. The Labute approximate surface area is 108 Å². The fourth-order valence-electron chi connectivity index (χ4n) is 2.54. The van der Waals surface area contributed by atoms with Crippen molar-refractivity contribution in [2.75, 3.05) is 27.3 Å². The molecule has 0 aliphatic carbocycles. The molecule has 1 aliphatic heterocycles. The van der Waals surface area contributed by atoms with Crippen molar-refractivity contribution in [2.24, 2.45) is 11.7 Å². The quantitative estimate of drug-likeness (QED) is 0.854. The molecule has 2 unspecified atom stereocenters. The summed E-state index contributed by atoms with van der Waals surface area (Å²) >= 11 is 0. The molecule has 3 N–H and O–H groups in total. The molecule has 0 amide bonds. The molecule has 0 saturated carbocycles. The summed E-state index contributed by atoms with van der Waals surface area (Å²) in [5.74, 6) is 2.12. The van der Waals surface area contributed by atoms with Crippen LogP contribution in [0.2, 0.25) is 0 Å². The second-order valence-corrected chi connectivity index (χ2v) is 4.74. The minimum absolute atomic E-state index is 0.0113. The lowest BCUT2D eigenvalue weighted by molar-refractivity contribution is 0.316. The first-order valence-electron chi connectivity index (χ1n) is 6.44. The minimum atomic E-state index is -0.0113. The Morgan fingerprint density at radius 1 is 1.33 bits per heavy atom. The number of piperidine rings is 1. The highest BCUT2D eigenvalue weighted by Gasteiger charge is 2.24. The molecular formula is C14H22N2O2. The fourth-order valence-corrected chi connectivity index (χ4v) is 2.54. The van der Waals surface area contributed by atoms with Crippen LogP contribution in [0, 0.1) is 5.92 Å². The van der Waals surface area contributed by atoms with Crippen molar-refractivity contribution in [3.8, 4) is 11.5 Å². The number of rotatable bonds is 4. The minimum Gasteiger partial charge on any atom is -0.497 e. The summed E-state index contributed by atoms with van der Waals surface area (Å²) in [6.45, 7) is 2.07. The van der Waals surface area contributed by atoms with Crippen molar-refractivity contribution >= 4 is 0 Å². The number of hydrogen-bond acceptors (Lipinski definition) is 4. The molecule has 0 bridgehead atoms. The molecule has 0 aromatic heterocycles. The standard InChI is InChI=1S/C14H22N2O2/c1-17-11-5-6-13(18-2)12(8-11)14(15)10-4-3-7-16-9-10/h5-6,8,10,14,16H,3-4,7,9,15H2,1-2H3. The normalized spacial score (nSPS) is 21.4. The Hall–Kier alpha value is -1.26. The summed E-state index contributed by atoms with van der Waals surface area (Å²) in [6, 6.07) is 5.79. The highest BCUT2D eigenvalue weighted by molar-refractivity contribution is 5.42. The maximum Gasteiger partial charge on any atom is 0.123 e. The van der Waals surface area contributed by atoms with Gasteiger partial charge in [0, 0.05) is 11.6 Å². The van der Waals surface area contributed by atoms with Crippen LogP contribution in [0.15, 0.2) is 18.2 Å². The van der Waals surface area contributed by atoms with Gasteiger partial charge in [0.2, 0.25) is 0 Å². The summed E-state index contributed by atoms with van der Waals surface area (Å²) < 4.78 is 10.7. The van der Waals surface area contributed by atoms with Crippen molar-refractivity contribution in [3.05, 3.63) is 23.8 Å². The molecule has 1 aliphatic rings. The first kappa shape index (κ1) is 13.2. The second kappa shape index (κ2) is 6.07. The van der Waals surface area contributed by atoms with Gasteiger partial charge in [-0.3, -0.25) is 0 Å². The Morgan fingerprint density at radius 3 is 2.78 bits per heavy atom. The van der Waals surface area contributed by atoms with Gasteiger partial charge in [-0.1, -0.05) is 0 Å². The van der Waals surface area contributed by atoms with Gasteiger partial charge >= 0.3 is 0 Å². The van der Waals surface area contributed by atoms with E-state index in [1.807, 2.05) is 18.2 Å². The van der Waals surface area contributed by atoms with E-state index >= 15 is 0 Å². The number of benzene rings is 1. The predicted molar refractivity (Wildman–Crippen MR) is 72.1 cm³/mol. The largest absolute Gasteiger partial charge is 0.497 e. The van der Waals surface area contributed by atoms with Crippen LogP contribution in [0.25, 0.3) is 0 Å². The molecule has 2 atom stereocenters. The summed E-state index contributed by atoms with van der Waals surface area (Å²) in [7, 11) is 3.34. The van der Waals surface area contributed by atoms with E-state index in [1.165, 1.54) is 6.42 Å². The van der Waals surface area contributed by atoms with Gasteiger partial charge in [-0.05, 0) is 50.0 Å². The maximum atomic E-state index is 6.39. The van der Waals surface area contributed by atoms with Crippen LogP contribution in [0.5, 0.6) is 11.5 Å². The van der Waals surface area contributed by atoms with Gasteiger partial charge in [0.15, 0.2) is 0 Å². The van der Waals surface area contributed by atoms with Crippen LogP contribution in [-0.2, 0) is 0 Å². The molecule has 18 heavy (non-hydrogen) atoms. The molecule has 1 fully saturated rings. The Kier molecular flexibility index (Phi) is 4.44. The first-order chi connectivity index (χ1) is 8.76. The van der Waals surface area contributed by atoms with E-state index in [1.54, 1.807) is 14.2 Å². The zero-order chi connectivity index (χ0) is 13.0. The van der Waals surface area contributed by atoms with Crippen molar-refractivity contribution in [1.29, 1.82) is 0 Å². The topological polar surface area (TPSA) is 56.5 Å². The molecule has 2 rings (SSSR count). The van der Waals surface area contributed by atoms with E-state index in [2.05, 4.69) is 5.32 Å². The van der Waals surface area contributed by atoms with Gasteiger partial charge in [0.1, 0.15) is 11.5 Å². The summed E-state index contributed by atoms with van der Waals surface area (Å²) in [4.78, 5) is 0. The molecule has 1 heterocycles. The molecule has 1 saturated heterocycles. The Morgan fingerprint density at radius 2 is 2.17 bits per heavy atom. The van der Waals surface area contributed by atoms with E-state index < -0.39 is 0 Å². The average Bonchev–Trinajstić information content (AvgIpc) is 2.46. The Balaban J connectivity index is 2.23. The number of hydrogen-bond donors (Lipinski definition) is 2. The van der Waals surface area contributed by atoms with Crippen LogP contribution in [0.4, 0.5) is 0 Å². The molecule has 0 spiro atoms. The SMILES string of the molecule is COc1ccc(OC)c(C(N)C2CCCNC2)c1. The van der Waals surface area contributed by atoms with Crippen molar-refractivity contribution in [1.82, 2.24) is 5.32 Å². The van der Waals surface area contributed by atoms with E-state index in [-0.39, 0.29) is 6.04 Å². The average molecular weight is 250 g/mol. The van der Waals surface area contributed by atoms with Gasteiger partial charge in [-0.2, -0.15) is 0 Å². The molecule has 4 nitrogen and oxygen atoms in total. The lowest BCUT2D eigenvalue weighted by atomic mass is 9.87. The third kappa shape index (κ3) is 2.76. The van der Waals surface area contributed by atoms with Crippen molar-refractivity contribution in [2.45, 2.75) is 18.9 Å². The molecular weight excluding hydrogens is 228 g/mol. The third-order valence-corrected chi connectivity index (χ3v) is 3.64. The van der Waals surface area contributed by atoms with Crippen LogP contribution in [0.3, 0.4) is 0 Å². The summed E-state index contributed by atoms with van der Waals surface area (Å²) in [6.07, 6.45) is 2.35. The van der Waals surface area contributed by atoms with E-state index in [0.717, 1.165) is 36.6 Å². The zero-order valence-corrected chi connectivity index (χ0v) is 11.1. The lowest BCUT2D eigenvalue weighted by Crippen LogP contribution is -2.36. The van der Waals surface area contributed by atoms with E-state index in [9.17, 15) is 0 Å². The summed E-state index contributed by atoms with van der Waals surface area (Å²) in [5.41, 5.74) is 7.43. The van der Waals surface area contributed by atoms with Crippen LogP contribution in [-0.4, -0.2) is 27.3 Å². The van der Waals surface area contributed by atoms with Gasteiger partial charge in [-0.15, -0.1) is 0 Å². The van der Waals surface area contributed by atoms with E-state index in [4.69, 9.17) is 15.2 Å². The maximum absolute atomic E-state index is 6.39. The number of ether oxygens (including phenoxy) is 2. The van der Waals surface area contributed by atoms with Crippen LogP contribution >= 0.6 is 0 Å². The first-order valence-corrected chi connectivity index (χ1v) is 6.44. The molecule has 4 heteroatoms. The smallest absolute Gasteiger partial charge is 0.123 e. The number of nitrogens with two attached hydrogens (primary N) is 1. The second-order valence-electron chi connectivity index (χ2n) is 4.74. The van der Waals surface area contributed by atoms with Crippen LogP contribution in [0.1, 0.15) is 24.4 Å².